The van der Waals surface area contributed by atoms with E-state index in [2.05, 4.69) is 38.7 Å². The summed E-state index contributed by atoms with van der Waals surface area (Å²) in [5.41, 5.74) is 7.13. The number of nitrogens with zero attached hydrogens (tertiary/aromatic N) is 4. The Labute approximate surface area is 164 Å². The molecule has 28 heavy (non-hydrogen) atoms. The van der Waals surface area contributed by atoms with Crippen LogP contribution in [0.2, 0.25) is 0 Å². The van der Waals surface area contributed by atoms with Crippen LogP contribution in [0.5, 0.6) is 5.75 Å². The number of hydrogen-bond acceptors (Lipinski definition) is 4. The summed E-state index contributed by atoms with van der Waals surface area (Å²) in [6.07, 6.45) is 7.03. The topological polar surface area (TPSA) is 42.7 Å². The number of hydrogen-bond donors (Lipinski definition) is 0. The molecule has 1 aliphatic heterocycles. The van der Waals surface area contributed by atoms with Gasteiger partial charge in [-0.1, -0.05) is 18.2 Å². The van der Waals surface area contributed by atoms with E-state index >= 15 is 0 Å². The molecule has 0 N–H and O–H groups in total. The van der Waals surface area contributed by atoms with Gasteiger partial charge < -0.3 is 9.14 Å². The normalized spacial score (nSPS) is 13.8. The first-order chi connectivity index (χ1) is 13.8. The van der Waals surface area contributed by atoms with Crippen LogP contribution in [0, 0.1) is 0 Å². The maximum Gasteiger partial charge on any atom is 0.136 e. The summed E-state index contributed by atoms with van der Waals surface area (Å²) in [6.45, 7) is 2.80. The molecule has 0 fully saturated rings. The zero-order valence-corrected chi connectivity index (χ0v) is 15.9. The molecule has 0 atom stereocenters. The molecule has 0 radical (unpaired) electrons. The first-order valence-electron chi connectivity index (χ1n) is 9.56. The van der Waals surface area contributed by atoms with Crippen LogP contribution in [0.3, 0.4) is 0 Å². The van der Waals surface area contributed by atoms with Crippen molar-refractivity contribution in [3.05, 3.63) is 84.1 Å². The van der Waals surface area contributed by atoms with Crippen LogP contribution in [-0.4, -0.2) is 32.9 Å². The number of pyridine rings is 2. The molecular weight excluding hydrogens is 348 g/mol. The first kappa shape index (κ1) is 17.0. The molecule has 1 aromatic carbocycles. The van der Waals surface area contributed by atoms with Crippen molar-refractivity contribution in [3.8, 4) is 16.9 Å². The van der Waals surface area contributed by atoms with Gasteiger partial charge in [0.1, 0.15) is 11.4 Å². The first-order valence-corrected chi connectivity index (χ1v) is 9.56. The molecule has 0 unspecified atom stereocenters. The highest BCUT2D eigenvalue weighted by Crippen LogP contribution is 2.32. The fourth-order valence-corrected chi connectivity index (χ4v) is 3.92. The Balaban J connectivity index is 1.32. The van der Waals surface area contributed by atoms with E-state index < -0.39 is 0 Å². The van der Waals surface area contributed by atoms with Crippen molar-refractivity contribution in [2.75, 3.05) is 13.7 Å². The van der Waals surface area contributed by atoms with Crippen molar-refractivity contribution in [3.63, 3.8) is 0 Å². The molecule has 0 saturated carbocycles. The lowest BCUT2D eigenvalue weighted by Gasteiger charge is -2.13. The smallest absolute Gasteiger partial charge is 0.136 e. The minimum absolute atomic E-state index is 0.878. The van der Waals surface area contributed by atoms with Gasteiger partial charge in [0.2, 0.25) is 0 Å². The third-order valence-electron chi connectivity index (χ3n) is 5.40. The predicted octanol–water partition coefficient (Wildman–Crippen LogP) is 3.96. The number of rotatable bonds is 5. The third kappa shape index (κ3) is 3.14. The van der Waals surface area contributed by atoms with E-state index in [1.807, 2.05) is 42.7 Å². The van der Waals surface area contributed by atoms with E-state index in [-0.39, 0.29) is 0 Å². The predicted molar refractivity (Wildman–Crippen MR) is 109 cm³/mol. The number of imidazole rings is 1. The van der Waals surface area contributed by atoms with Gasteiger partial charge in [-0.25, -0.2) is 4.98 Å². The number of benzene rings is 1. The number of methoxy groups -OCH3 is 1. The summed E-state index contributed by atoms with van der Waals surface area (Å²) >= 11 is 0. The van der Waals surface area contributed by atoms with Crippen molar-refractivity contribution in [1.82, 2.24) is 19.3 Å². The van der Waals surface area contributed by atoms with E-state index in [1.165, 1.54) is 22.4 Å². The van der Waals surface area contributed by atoms with Gasteiger partial charge in [0, 0.05) is 44.6 Å². The third-order valence-corrected chi connectivity index (χ3v) is 5.40. The molecule has 0 aliphatic carbocycles. The van der Waals surface area contributed by atoms with Gasteiger partial charge in [0.25, 0.3) is 0 Å². The summed E-state index contributed by atoms with van der Waals surface area (Å²) in [4.78, 5) is 11.8. The maximum atomic E-state index is 5.28. The highest BCUT2D eigenvalue weighted by atomic mass is 16.5. The summed E-state index contributed by atoms with van der Waals surface area (Å²) in [6, 6.07) is 16.5. The van der Waals surface area contributed by atoms with Crippen LogP contribution in [0.1, 0.15) is 17.0 Å². The maximum absolute atomic E-state index is 5.28. The monoisotopic (exact) mass is 370 g/mol. The Kier molecular flexibility index (Phi) is 4.29. The van der Waals surface area contributed by atoms with Crippen molar-refractivity contribution < 1.29 is 4.74 Å². The van der Waals surface area contributed by atoms with E-state index in [9.17, 15) is 0 Å². The molecule has 0 amide bonds. The average molecular weight is 370 g/mol. The lowest BCUT2D eigenvalue weighted by atomic mass is 10.0. The number of ether oxygens (including phenoxy) is 1. The highest BCUT2D eigenvalue weighted by Gasteiger charge is 2.23. The molecule has 1 aliphatic rings. The Morgan fingerprint density at radius 3 is 2.75 bits per heavy atom. The van der Waals surface area contributed by atoms with Crippen LogP contribution in [0.4, 0.5) is 0 Å². The fourth-order valence-electron chi connectivity index (χ4n) is 3.92. The minimum atomic E-state index is 0.878. The SMILES string of the molecule is COc1ccc(-c2ccnc3c2CN(CCc2cn4ccccc4n2)C3)cc1. The van der Waals surface area contributed by atoms with Gasteiger partial charge in [0.15, 0.2) is 0 Å². The Bertz CT molecular complexity index is 1080. The van der Waals surface area contributed by atoms with Crippen LogP contribution in [0.15, 0.2) is 67.1 Å². The lowest BCUT2D eigenvalue weighted by Crippen LogP contribution is -2.19. The van der Waals surface area contributed by atoms with E-state index in [4.69, 9.17) is 9.72 Å². The Morgan fingerprint density at radius 2 is 1.93 bits per heavy atom. The number of fused-ring (bicyclic) bond motifs is 2. The molecule has 3 aromatic heterocycles. The molecule has 5 nitrogen and oxygen atoms in total. The molecule has 0 bridgehead atoms. The van der Waals surface area contributed by atoms with Crippen molar-refractivity contribution in [2.45, 2.75) is 19.5 Å². The van der Waals surface area contributed by atoms with Gasteiger partial charge in [-0.3, -0.25) is 9.88 Å². The molecule has 4 aromatic rings. The zero-order chi connectivity index (χ0) is 18.9. The average Bonchev–Trinajstić information content (AvgIpc) is 3.35. The summed E-state index contributed by atoms with van der Waals surface area (Å²) in [5.74, 6) is 0.878. The summed E-state index contributed by atoms with van der Waals surface area (Å²) < 4.78 is 7.36. The van der Waals surface area contributed by atoms with Gasteiger partial charge in [-0.15, -0.1) is 0 Å². The van der Waals surface area contributed by atoms with Crippen molar-refractivity contribution in [2.24, 2.45) is 0 Å². The molecular formula is C23H22N4O. The van der Waals surface area contributed by atoms with Crippen LogP contribution < -0.4 is 4.74 Å². The number of aromatic nitrogens is 3. The Hall–Kier alpha value is -3.18. The van der Waals surface area contributed by atoms with Crippen LogP contribution in [0.25, 0.3) is 16.8 Å². The minimum Gasteiger partial charge on any atom is -0.497 e. The van der Waals surface area contributed by atoms with Crippen LogP contribution >= 0.6 is 0 Å². The second-order valence-electron chi connectivity index (χ2n) is 7.17. The molecule has 0 saturated heterocycles. The van der Waals surface area contributed by atoms with Crippen molar-refractivity contribution >= 4 is 5.65 Å². The van der Waals surface area contributed by atoms with E-state index in [1.54, 1.807) is 7.11 Å². The largest absolute Gasteiger partial charge is 0.497 e. The van der Waals surface area contributed by atoms with Gasteiger partial charge >= 0.3 is 0 Å². The zero-order valence-electron chi connectivity index (χ0n) is 15.9. The lowest BCUT2D eigenvalue weighted by molar-refractivity contribution is 0.286. The standard InChI is InChI=1S/C23H22N4O/c1-28-19-7-5-17(6-8-19)20-9-11-24-22-16-26(15-21(20)22)13-10-18-14-27-12-3-2-4-23(27)25-18/h2-9,11-12,14H,10,13,15-16H2,1H3. The van der Waals surface area contributed by atoms with Gasteiger partial charge in [0.05, 0.1) is 18.5 Å². The van der Waals surface area contributed by atoms with Crippen LogP contribution in [-0.2, 0) is 19.5 Å². The Morgan fingerprint density at radius 1 is 1.04 bits per heavy atom. The summed E-state index contributed by atoms with van der Waals surface area (Å²) in [5, 5.41) is 0. The molecule has 0 spiro atoms. The van der Waals surface area contributed by atoms with Gasteiger partial charge in [-0.2, -0.15) is 0 Å². The van der Waals surface area contributed by atoms with Gasteiger partial charge in [-0.05, 0) is 47.0 Å². The molecule has 140 valence electrons. The molecule has 5 rings (SSSR count). The van der Waals surface area contributed by atoms with E-state index in [0.29, 0.717) is 0 Å². The molecule has 5 heteroatoms. The molecule has 4 heterocycles. The second-order valence-corrected chi connectivity index (χ2v) is 7.17. The second kappa shape index (κ2) is 7.09. The highest BCUT2D eigenvalue weighted by molar-refractivity contribution is 5.69. The summed E-state index contributed by atoms with van der Waals surface area (Å²) in [7, 11) is 1.69. The van der Waals surface area contributed by atoms with Crippen molar-refractivity contribution in [1.29, 1.82) is 0 Å². The fraction of sp³-hybridized carbons (Fsp3) is 0.217. The van der Waals surface area contributed by atoms with E-state index in [0.717, 1.165) is 43.1 Å². The quantitative estimate of drug-likeness (QED) is 0.533.